The smallest absolute Gasteiger partial charge is 0.286 e. The minimum absolute atomic E-state index is 0.0751. The van der Waals surface area contributed by atoms with E-state index in [4.69, 9.17) is 14.3 Å². The highest BCUT2D eigenvalue weighted by Gasteiger charge is 2.31. The highest BCUT2D eigenvalue weighted by Crippen LogP contribution is 2.23. The van der Waals surface area contributed by atoms with E-state index in [2.05, 4.69) is 15.5 Å². The fraction of sp³-hybridized carbons (Fsp3) is 0.364. The number of thioether (sulfide) groups is 1. The third-order valence-electron chi connectivity index (χ3n) is 4.27. The van der Waals surface area contributed by atoms with Crippen molar-refractivity contribution in [3.05, 3.63) is 53.7 Å². The van der Waals surface area contributed by atoms with Gasteiger partial charge in [-0.3, -0.25) is 14.9 Å². The topological polar surface area (TPSA) is 99.1 Å². The molecule has 1 fully saturated rings. The monoisotopic (exact) mass is 443 g/mol. The van der Waals surface area contributed by atoms with E-state index in [1.54, 1.807) is 12.3 Å². The molecule has 9 heteroatoms. The molecular formula is C22H25N3O5S. The number of carbonyl (C=O) groups is 2. The maximum atomic E-state index is 11.6. The van der Waals surface area contributed by atoms with E-state index in [1.807, 2.05) is 51.1 Å². The second kappa shape index (κ2) is 10.8. The van der Waals surface area contributed by atoms with E-state index < -0.39 is 0 Å². The van der Waals surface area contributed by atoms with Crippen molar-refractivity contribution in [2.45, 2.75) is 38.5 Å². The van der Waals surface area contributed by atoms with E-state index >= 15 is 0 Å². The standard InChI is InChI=1S/C22H25N3O5S/c1-14(2)30-20-9-6-17(13-23-20)15(3)25-29-11-10-28-18-7-4-16(5-8-18)12-19-21(26)24-22(27)31-19/h4-9,13-14,19H,10-12H2,1-3H3,(H,24,26,27)/b25-15-. The summed E-state index contributed by atoms with van der Waals surface area (Å²) in [5, 5.41) is 5.72. The van der Waals surface area contributed by atoms with Gasteiger partial charge in [0.1, 0.15) is 12.4 Å². The van der Waals surface area contributed by atoms with Gasteiger partial charge in [-0.15, -0.1) is 0 Å². The number of imide groups is 1. The number of nitrogens with one attached hydrogen (secondary N) is 1. The van der Waals surface area contributed by atoms with Crippen LogP contribution in [0.25, 0.3) is 0 Å². The second-order valence-corrected chi connectivity index (χ2v) is 8.32. The zero-order valence-corrected chi connectivity index (χ0v) is 18.5. The SMILES string of the molecule is C/C(=N/OCCOc1ccc(CC2SC(=O)NC2=O)cc1)c1ccc(OC(C)C)nc1. The Morgan fingerprint density at radius 2 is 1.94 bits per heavy atom. The van der Waals surface area contributed by atoms with Crippen molar-refractivity contribution >= 4 is 28.6 Å². The van der Waals surface area contributed by atoms with E-state index in [-0.39, 0.29) is 22.5 Å². The molecule has 164 valence electrons. The van der Waals surface area contributed by atoms with E-state index in [0.29, 0.717) is 37.0 Å². The number of carbonyl (C=O) groups excluding carboxylic acids is 2. The molecular weight excluding hydrogens is 418 g/mol. The number of hydrogen-bond donors (Lipinski definition) is 1. The lowest BCUT2D eigenvalue weighted by Crippen LogP contribution is -2.25. The van der Waals surface area contributed by atoms with Crippen molar-refractivity contribution < 1.29 is 23.9 Å². The van der Waals surface area contributed by atoms with Crippen LogP contribution in [0.1, 0.15) is 31.9 Å². The van der Waals surface area contributed by atoms with E-state index in [1.165, 1.54) is 0 Å². The van der Waals surface area contributed by atoms with Gasteiger partial charge in [0.25, 0.3) is 5.24 Å². The van der Waals surface area contributed by atoms with Crippen LogP contribution in [0.2, 0.25) is 0 Å². The van der Waals surface area contributed by atoms with Crippen molar-refractivity contribution in [3.8, 4) is 11.6 Å². The van der Waals surface area contributed by atoms with Gasteiger partial charge in [-0.05, 0) is 51.0 Å². The van der Waals surface area contributed by atoms with Crippen LogP contribution >= 0.6 is 11.8 Å². The maximum absolute atomic E-state index is 11.6. The molecule has 31 heavy (non-hydrogen) atoms. The Hall–Kier alpha value is -3.07. The molecule has 0 bridgehead atoms. The normalized spacial score (nSPS) is 16.4. The fourth-order valence-corrected chi connectivity index (χ4v) is 3.62. The number of rotatable bonds is 10. The first-order chi connectivity index (χ1) is 14.9. The lowest BCUT2D eigenvalue weighted by molar-refractivity contribution is -0.118. The van der Waals surface area contributed by atoms with Crippen LogP contribution in [0.4, 0.5) is 4.79 Å². The summed E-state index contributed by atoms with van der Waals surface area (Å²) in [4.78, 5) is 32.4. The first kappa shape index (κ1) is 22.6. The molecule has 1 aliphatic rings. The first-order valence-corrected chi connectivity index (χ1v) is 10.8. The third-order valence-corrected chi connectivity index (χ3v) is 5.25. The Labute approximate surface area is 185 Å². The van der Waals surface area contributed by atoms with Gasteiger partial charge in [0.05, 0.1) is 17.1 Å². The number of hydrogen-bond acceptors (Lipinski definition) is 8. The van der Waals surface area contributed by atoms with Crippen molar-refractivity contribution in [2.75, 3.05) is 13.2 Å². The molecule has 3 rings (SSSR count). The highest BCUT2D eigenvalue weighted by molar-refractivity contribution is 8.15. The van der Waals surface area contributed by atoms with Crippen molar-refractivity contribution in [1.82, 2.24) is 10.3 Å². The van der Waals surface area contributed by atoms with Crippen molar-refractivity contribution in [2.24, 2.45) is 5.16 Å². The Balaban J connectivity index is 1.39. The molecule has 2 aromatic rings. The van der Waals surface area contributed by atoms with Crippen LogP contribution in [0.15, 0.2) is 47.8 Å². The summed E-state index contributed by atoms with van der Waals surface area (Å²) in [6, 6.07) is 11.1. The molecule has 1 atom stereocenters. The third kappa shape index (κ3) is 6.99. The number of aromatic nitrogens is 1. The van der Waals surface area contributed by atoms with Crippen LogP contribution in [-0.4, -0.2) is 46.4 Å². The molecule has 2 amide bonds. The number of nitrogens with zero attached hydrogens (tertiary/aromatic N) is 2. The van der Waals surface area contributed by atoms with Gasteiger partial charge in [-0.25, -0.2) is 4.98 Å². The number of oxime groups is 1. The largest absolute Gasteiger partial charge is 0.490 e. The number of benzene rings is 1. The van der Waals surface area contributed by atoms with Gasteiger partial charge in [0.15, 0.2) is 6.61 Å². The molecule has 0 saturated carbocycles. The van der Waals surface area contributed by atoms with Gasteiger partial charge < -0.3 is 14.3 Å². The van der Waals surface area contributed by atoms with Crippen LogP contribution < -0.4 is 14.8 Å². The minimum atomic E-state index is -0.372. The Bertz CT molecular complexity index is 929. The van der Waals surface area contributed by atoms with Crippen LogP contribution in [0.5, 0.6) is 11.6 Å². The quantitative estimate of drug-likeness (QED) is 0.340. The van der Waals surface area contributed by atoms with Gasteiger partial charge >= 0.3 is 0 Å². The lowest BCUT2D eigenvalue weighted by atomic mass is 10.1. The zero-order valence-electron chi connectivity index (χ0n) is 17.7. The summed E-state index contributed by atoms with van der Waals surface area (Å²) < 4.78 is 11.2. The molecule has 0 radical (unpaired) electrons. The molecule has 2 heterocycles. The van der Waals surface area contributed by atoms with Gasteiger partial charge in [0, 0.05) is 17.8 Å². The zero-order chi connectivity index (χ0) is 22.2. The summed E-state index contributed by atoms with van der Waals surface area (Å²) in [5.41, 5.74) is 2.52. The minimum Gasteiger partial charge on any atom is -0.490 e. The summed E-state index contributed by atoms with van der Waals surface area (Å²) in [7, 11) is 0. The fourth-order valence-electron chi connectivity index (χ4n) is 2.76. The molecule has 1 aromatic heterocycles. The Morgan fingerprint density at radius 1 is 1.16 bits per heavy atom. The Morgan fingerprint density at radius 3 is 2.55 bits per heavy atom. The predicted molar refractivity (Wildman–Crippen MR) is 119 cm³/mol. The maximum Gasteiger partial charge on any atom is 0.286 e. The first-order valence-electron chi connectivity index (χ1n) is 9.93. The van der Waals surface area contributed by atoms with E-state index in [9.17, 15) is 9.59 Å². The number of ether oxygens (including phenoxy) is 2. The van der Waals surface area contributed by atoms with Crippen molar-refractivity contribution in [1.29, 1.82) is 0 Å². The summed E-state index contributed by atoms with van der Waals surface area (Å²) in [6.07, 6.45) is 2.27. The number of pyridine rings is 1. The average molecular weight is 444 g/mol. The highest BCUT2D eigenvalue weighted by atomic mass is 32.2. The molecule has 1 N–H and O–H groups in total. The van der Waals surface area contributed by atoms with Crippen LogP contribution in [0, 0.1) is 0 Å². The predicted octanol–water partition coefficient (Wildman–Crippen LogP) is 3.58. The molecule has 0 aliphatic carbocycles. The lowest BCUT2D eigenvalue weighted by Gasteiger charge is -2.09. The summed E-state index contributed by atoms with van der Waals surface area (Å²) in [6.45, 7) is 6.37. The van der Waals surface area contributed by atoms with Crippen LogP contribution in [-0.2, 0) is 16.1 Å². The summed E-state index contributed by atoms with van der Waals surface area (Å²) in [5.74, 6) is 1.03. The molecule has 1 unspecified atom stereocenters. The van der Waals surface area contributed by atoms with E-state index in [0.717, 1.165) is 22.9 Å². The average Bonchev–Trinajstić information content (AvgIpc) is 3.05. The second-order valence-electron chi connectivity index (χ2n) is 7.14. The molecule has 8 nitrogen and oxygen atoms in total. The van der Waals surface area contributed by atoms with Gasteiger partial charge in [-0.1, -0.05) is 29.1 Å². The molecule has 1 aromatic carbocycles. The Kier molecular flexibility index (Phi) is 7.88. The molecule has 1 aliphatic heterocycles. The van der Waals surface area contributed by atoms with Crippen molar-refractivity contribution in [3.63, 3.8) is 0 Å². The number of amides is 2. The molecule has 0 spiro atoms. The van der Waals surface area contributed by atoms with Gasteiger partial charge in [0.2, 0.25) is 11.8 Å². The van der Waals surface area contributed by atoms with Crippen LogP contribution in [0.3, 0.4) is 0 Å². The molecule has 1 saturated heterocycles. The van der Waals surface area contributed by atoms with Gasteiger partial charge in [-0.2, -0.15) is 0 Å². The summed E-state index contributed by atoms with van der Waals surface area (Å²) >= 11 is 1.03.